The minimum Gasteiger partial charge on any atom is -0.494 e. The van der Waals surface area contributed by atoms with Crippen LogP contribution in [0.25, 0.3) is 0 Å². The van der Waals surface area contributed by atoms with E-state index in [0.717, 1.165) is 61.2 Å². The van der Waals surface area contributed by atoms with Gasteiger partial charge >= 0.3 is 23.9 Å². The molecule has 6 unspecified atom stereocenters. The summed E-state index contributed by atoms with van der Waals surface area (Å²) < 4.78 is 31.4. The molecule has 0 radical (unpaired) electrons. The summed E-state index contributed by atoms with van der Waals surface area (Å²) in [7, 11) is 8.43. The Morgan fingerprint density at radius 1 is 0.500 bits per heavy atom. The van der Waals surface area contributed by atoms with E-state index >= 15 is 0 Å². The van der Waals surface area contributed by atoms with Crippen LogP contribution in [0.1, 0.15) is 74.6 Å². The topological polar surface area (TPSA) is 149 Å². The summed E-state index contributed by atoms with van der Waals surface area (Å²) in [6, 6.07) is 13.9. The quantitative estimate of drug-likeness (QED) is 0.111. The molecule has 286 valence electrons. The third-order valence-corrected chi connectivity index (χ3v) is 9.51. The Morgan fingerprint density at radius 3 is 1.12 bits per heavy atom. The first-order valence-corrected chi connectivity index (χ1v) is 17.7. The van der Waals surface area contributed by atoms with Crippen molar-refractivity contribution in [2.45, 2.75) is 75.7 Å². The Balaban J connectivity index is 1.07. The van der Waals surface area contributed by atoms with E-state index in [4.69, 9.17) is 38.1 Å². The highest BCUT2D eigenvalue weighted by Crippen LogP contribution is 2.41. The van der Waals surface area contributed by atoms with Gasteiger partial charge in [0.25, 0.3) is 0 Å². The zero-order valence-electron chi connectivity index (χ0n) is 30.9. The summed E-state index contributed by atoms with van der Waals surface area (Å²) in [6.45, 7) is 1.23. The molecule has 14 nitrogen and oxygen atoms in total. The Labute approximate surface area is 305 Å². The van der Waals surface area contributed by atoms with Crippen LogP contribution < -0.4 is 9.47 Å². The molecule has 2 aliphatic rings. The highest BCUT2D eigenvalue weighted by atomic mass is 16.7. The summed E-state index contributed by atoms with van der Waals surface area (Å²) in [6.07, 6.45) is 6.57. The van der Waals surface area contributed by atoms with Gasteiger partial charge in [0.05, 0.1) is 53.7 Å². The van der Waals surface area contributed by atoms with Gasteiger partial charge in [0.1, 0.15) is 23.3 Å². The average molecular weight is 729 g/mol. The number of methoxy groups -OCH3 is 4. The van der Waals surface area contributed by atoms with Crippen molar-refractivity contribution in [3.05, 3.63) is 59.7 Å². The van der Waals surface area contributed by atoms with E-state index in [9.17, 15) is 19.2 Å². The molecule has 0 amide bonds. The molecule has 2 fully saturated rings. The lowest BCUT2D eigenvalue weighted by atomic mass is 9.89. The van der Waals surface area contributed by atoms with E-state index in [0.29, 0.717) is 13.2 Å². The largest absolute Gasteiger partial charge is 0.494 e. The Bertz CT molecular complexity index is 1340. The fraction of sp³-hybridized carbons (Fsp3) is 0.579. The number of hydrogen-bond donors (Lipinski definition) is 0. The van der Waals surface area contributed by atoms with Crippen LogP contribution in [0.15, 0.2) is 48.5 Å². The highest BCUT2D eigenvalue weighted by Gasteiger charge is 2.52. The molecular formula is C38H52N2O12. The molecule has 2 saturated heterocycles. The van der Waals surface area contributed by atoms with Gasteiger partial charge in [-0.1, -0.05) is 62.8 Å². The molecule has 2 aromatic carbocycles. The van der Waals surface area contributed by atoms with Gasteiger partial charge in [-0.2, -0.15) is 10.1 Å². The first kappa shape index (κ1) is 40.5. The van der Waals surface area contributed by atoms with Gasteiger partial charge in [-0.25, -0.2) is 9.59 Å². The molecule has 2 aliphatic heterocycles. The molecule has 6 atom stereocenters. The molecule has 2 aromatic rings. The van der Waals surface area contributed by atoms with Gasteiger partial charge < -0.3 is 28.4 Å². The van der Waals surface area contributed by atoms with Crippen LogP contribution in [-0.4, -0.2) is 102 Å². The van der Waals surface area contributed by atoms with Gasteiger partial charge in [0.2, 0.25) is 0 Å². The fourth-order valence-electron chi connectivity index (χ4n) is 6.79. The lowest BCUT2D eigenvalue weighted by Gasteiger charge is -2.22. The molecule has 0 N–H and O–H groups in total. The fourth-order valence-corrected chi connectivity index (χ4v) is 6.79. The standard InChI is InChI=1S/C38H52N2O12/c1-39-31(29(35(41)45-3)33(51-39)37(43)47-5)25-15-19-27(20-16-25)49-23-13-11-9-7-8-10-12-14-24-50-28-21-17-26(18-22-28)32-30(36(42)46-4)34(38(44)48-6)52-40(32)2/h15-22,29-34H,7-14,23-24H2,1-6H3. The van der Waals surface area contributed by atoms with E-state index in [1.165, 1.54) is 51.4 Å². The van der Waals surface area contributed by atoms with Gasteiger partial charge in [-0.05, 0) is 48.2 Å². The number of hydroxylamine groups is 4. The number of hydrogen-bond acceptors (Lipinski definition) is 14. The van der Waals surface area contributed by atoms with E-state index in [-0.39, 0.29) is 0 Å². The van der Waals surface area contributed by atoms with Crippen LogP contribution in [0.2, 0.25) is 0 Å². The third kappa shape index (κ3) is 10.2. The molecule has 4 rings (SSSR count). The van der Waals surface area contributed by atoms with Crippen molar-refractivity contribution in [3.63, 3.8) is 0 Å². The second-order valence-electron chi connectivity index (χ2n) is 12.8. The SMILES string of the molecule is COC(=O)C1ON(C)C(c2ccc(OCCCCCCCCCCOc3ccc(C4C(C(=O)OC)C(C(=O)OC)ON4C)cc3)cc2)C1C(=O)OC. The normalized spacial score (nSPS) is 23.2. The Kier molecular flexibility index (Phi) is 15.7. The Morgan fingerprint density at radius 2 is 0.808 bits per heavy atom. The molecule has 0 bridgehead atoms. The number of esters is 4. The monoisotopic (exact) mass is 728 g/mol. The van der Waals surface area contributed by atoms with Crippen LogP contribution in [0.4, 0.5) is 0 Å². The van der Waals surface area contributed by atoms with Crippen molar-refractivity contribution >= 4 is 23.9 Å². The van der Waals surface area contributed by atoms with E-state index in [2.05, 4.69) is 0 Å². The number of rotatable bonds is 19. The predicted octanol–water partition coefficient (Wildman–Crippen LogP) is 4.76. The van der Waals surface area contributed by atoms with E-state index in [1.54, 1.807) is 14.1 Å². The molecule has 0 aromatic heterocycles. The molecule has 52 heavy (non-hydrogen) atoms. The predicted molar refractivity (Wildman–Crippen MR) is 187 cm³/mol. The van der Waals surface area contributed by atoms with Crippen molar-refractivity contribution in [2.75, 3.05) is 55.7 Å². The minimum absolute atomic E-state index is 0.508. The lowest BCUT2D eigenvalue weighted by molar-refractivity contribution is -0.182. The highest BCUT2D eigenvalue weighted by molar-refractivity contribution is 5.86. The van der Waals surface area contributed by atoms with Crippen LogP contribution >= 0.6 is 0 Å². The van der Waals surface area contributed by atoms with Crippen LogP contribution in [0.3, 0.4) is 0 Å². The first-order chi connectivity index (χ1) is 25.1. The number of nitrogens with zero attached hydrogens (tertiary/aromatic N) is 2. The number of ether oxygens (including phenoxy) is 6. The molecule has 0 saturated carbocycles. The number of carbonyl (C=O) groups excluding carboxylic acids is 4. The van der Waals surface area contributed by atoms with Gasteiger partial charge in [0, 0.05) is 14.1 Å². The summed E-state index contributed by atoms with van der Waals surface area (Å²) in [5.41, 5.74) is 1.60. The maximum absolute atomic E-state index is 12.5. The number of benzene rings is 2. The smallest absolute Gasteiger partial charge is 0.338 e. The third-order valence-electron chi connectivity index (χ3n) is 9.51. The Hall–Kier alpha value is -4.24. The maximum Gasteiger partial charge on any atom is 0.338 e. The molecule has 2 heterocycles. The van der Waals surface area contributed by atoms with Crippen molar-refractivity contribution in [1.29, 1.82) is 0 Å². The lowest BCUT2D eigenvalue weighted by Crippen LogP contribution is -2.35. The van der Waals surface area contributed by atoms with E-state index < -0.39 is 60.0 Å². The van der Waals surface area contributed by atoms with Crippen molar-refractivity contribution in [1.82, 2.24) is 10.1 Å². The van der Waals surface area contributed by atoms with E-state index in [1.807, 2.05) is 48.5 Å². The zero-order valence-corrected chi connectivity index (χ0v) is 30.9. The van der Waals surface area contributed by atoms with Crippen LogP contribution in [-0.2, 0) is 47.8 Å². The number of carbonyl (C=O) groups is 4. The van der Waals surface area contributed by atoms with Gasteiger partial charge in [-0.15, -0.1) is 0 Å². The van der Waals surface area contributed by atoms with Crippen LogP contribution in [0, 0.1) is 11.8 Å². The average Bonchev–Trinajstić information content (AvgIpc) is 3.70. The molecule has 14 heteroatoms. The minimum atomic E-state index is -1.08. The molecule has 0 spiro atoms. The second-order valence-corrected chi connectivity index (χ2v) is 12.8. The molecule has 0 aliphatic carbocycles. The summed E-state index contributed by atoms with van der Waals surface area (Å²) in [4.78, 5) is 60.8. The van der Waals surface area contributed by atoms with Crippen molar-refractivity contribution < 1.29 is 57.3 Å². The zero-order chi connectivity index (χ0) is 37.6. The summed E-state index contributed by atoms with van der Waals surface area (Å²) in [5, 5.41) is 2.99. The first-order valence-electron chi connectivity index (χ1n) is 17.7. The second kappa shape index (κ2) is 20.1. The number of unbranched alkanes of at least 4 members (excludes halogenated alkanes) is 7. The maximum atomic E-state index is 12.5. The summed E-state index contributed by atoms with van der Waals surface area (Å²) in [5.74, 6) is -2.58. The summed E-state index contributed by atoms with van der Waals surface area (Å²) >= 11 is 0. The van der Waals surface area contributed by atoms with Gasteiger partial charge in [-0.3, -0.25) is 19.3 Å². The molecular weight excluding hydrogens is 676 g/mol. The van der Waals surface area contributed by atoms with Gasteiger partial charge in [0.15, 0.2) is 12.2 Å². The van der Waals surface area contributed by atoms with Crippen LogP contribution in [0.5, 0.6) is 11.5 Å². The van der Waals surface area contributed by atoms with Crippen molar-refractivity contribution in [2.24, 2.45) is 11.8 Å². The van der Waals surface area contributed by atoms with Crippen molar-refractivity contribution in [3.8, 4) is 11.5 Å².